The van der Waals surface area contributed by atoms with Gasteiger partial charge in [-0.2, -0.15) is 0 Å². The van der Waals surface area contributed by atoms with Gasteiger partial charge in [0.05, 0.1) is 11.3 Å². The summed E-state index contributed by atoms with van der Waals surface area (Å²) >= 11 is 0. The molecular weight excluding hydrogens is 196 g/mol. The molecule has 3 heteroatoms. The Morgan fingerprint density at radius 3 is 2.53 bits per heavy atom. The van der Waals surface area contributed by atoms with Crippen LogP contribution in [0, 0.1) is 24.0 Å². The molecule has 74 valence electrons. The highest BCUT2D eigenvalue weighted by Crippen LogP contribution is 2.25. The molecule has 0 fully saturated rings. The Bertz CT molecular complexity index is 582. The Morgan fingerprint density at radius 1 is 1.13 bits per heavy atom. The van der Waals surface area contributed by atoms with Crippen molar-refractivity contribution >= 4 is 16.5 Å². The van der Waals surface area contributed by atoms with E-state index >= 15 is 0 Å². The first-order valence-electron chi connectivity index (χ1n) is 4.27. The van der Waals surface area contributed by atoms with Crippen molar-refractivity contribution in [1.82, 2.24) is 0 Å². The van der Waals surface area contributed by atoms with Gasteiger partial charge in [-0.3, -0.25) is 0 Å². The number of hydrogen-bond donors (Lipinski definition) is 1. The number of rotatable bonds is 0. The molecule has 0 aliphatic rings. The Balaban J connectivity index is 2.94. The molecule has 0 aromatic heterocycles. The van der Waals surface area contributed by atoms with Gasteiger partial charge in [-0.1, -0.05) is 12.0 Å². The maximum Gasteiger partial charge on any atom is 0.146 e. The van der Waals surface area contributed by atoms with E-state index in [1.54, 1.807) is 0 Å². The molecule has 2 aromatic rings. The number of nitrogens with two attached hydrogens (primary N) is 1. The standard InChI is InChI=1S/C12H7F2N/c1-2-8-9-6-11(14)12(15)5-7(9)3-4-10(8)13/h1,3-6H,15H2. The summed E-state index contributed by atoms with van der Waals surface area (Å²) in [5, 5.41) is 0.993. The zero-order valence-electron chi connectivity index (χ0n) is 7.72. The van der Waals surface area contributed by atoms with Crippen LogP contribution >= 0.6 is 0 Å². The summed E-state index contributed by atoms with van der Waals surface area (Å²) in [6.07, 6.45) is 5.16. The van der Waals surface area contributed by atoms with Crippen LogP contribution in [0.25, 0.3) is 10.8 Å². The second kappa shape index (κ2) is 3.25. The van der Waals surface area contributed by atoms with Crippen molar-refractivity contribution in [2.24, 2.45) is 0 Å². The molecule has 0 saturated heterocycles. The molecule has 0 radical (unpaired) electrons. The molecule has 0 unspecified atom stereocenters. The van der Waals surface area contributed by atoms with Crippen LogP contribution in [-0.4, -0.2) is 0 Å². The molecule has 0 aliphatic heterocycles. The summed E-state index contributed by atoms with van der Waals surface area (Å²) in [6.45, 7) is 0. The third-order valence-electron chi connectivity index (χ3n) is 2.23. The summed E-state index contributed by atoms with van der Waals surface area (Å²) in [7, 11) is 0. The second-order valence-electron chi connectivity index (χ2n) is 3.16. The van der Waals surface area contributed by atoms with Gasteiger partial charge in [-0.25, -0.2) is 8.78 Å². The molecule has 0 aliphatic carbocycles. The molecule has 0 spiro atoms. The van der Waals surface area contributed by atoms with Gasteiger partial charge in [-0.15, -0.1) is 6.42 Å². The minimum atomic E-state index is -0.593. The van der Waals surface area contributed by atoms with Crippen molar-refractivity contribution in [2.45, 2.75) is 0 Å². The normalized spacial score (nSPS) is 10.2. The largest absolute Gasteiger partial charge is 0.396 e. The number of anilines is 1. The van der Waals surface area contributed by atoms with E-state index in [9.17, 15) is 8.78 Å². The molecule has 0 heterocycles. The van der Waals surface area contributed by atoms with Crippen molar-refractivity contribution in [3.63, 3.8) is 0 Å². The summed E-state index contributed by atoms with van der Waals surface area (Å²) in [4.78, 5) is 0. The van der Waals surface area contributed by atoms with E-state index in [-0.39, 0.29) is 11.3 Å². The van der Waals surface area contributed by atoms with E-state index < -0.39 is 11.6 Å². The SMILES string of the molecule is C#Cc1c(F)ccc2cc(N)c(F)cc12. The quantitative estimate of drug-likeness (QED) is 0.517. The van der Waals surface area contributed by atoms with Crippen molar-refractivity contribution in [2.75, 3.05) is 5.73 Å². The first-order chi connectivity index (χ1) is 7.13. The first-order valence-corrected chi connectivity index (χ1v) is 4.27. The number of benzene rings is 2. The Labute approximate surface area is 85.5 Å². The summed E-state index contributed by atoms with van der Waals surface area (Å²) < 4.78 is 26.4. The fourth-order valence-corrected chi connectivity index (χ4v) is 1.48. The van der Waals surface area contributed by atoms with Gasteiger partial charge in [-0.05, 0) is 23.6 Å². The van der Waals surface area contributed by atoms with Gasteiger partial charge < -0.3 is 5.73 Å². The highest BCUT2D eigenvalue weighted by molar-refractivity contribution is 5.90. The molecule has 15 heavy (non-hydrogen) atoms. The van der Waals surface area contributed by atoms with E-state index in [0.29, 0.717) is 10.8 Å². The summed E-state index contributed by atoms with van der Waals surface area (Å²) in [5.74, 6) is 1.08. The van der Waals surface area contributed by atoms with Gasteiger partial charge in [0.1, 0.15) is 11.6 Å². The van der Waals surface area contributed by atoms with Crippen molar-refractivity contribution in [3.05, 3.63) is 41.5 Å². The van der Waals surface area contributed by atoms with Crippen LogP contribution < -0.4 is 5.73 Å². The summed E-state index contributed by atoms with van der Waals surface area (Å²) in [6, 6.07) is 5.35. The van der Waals surface area contributed by atoms with Crippen LogP contribution in [0.2, 0.25) is 0 Å². The number of hydrogen-bond acceptors (Lipinski definition) is 1. The second-order valence-corrected chi connectivity index (χ2v) is 3.16. The molecule has 0 bridgehead atoms. The smallest absolute Gasteiger partial charge is 0.146 e. The van der Waals surface area contributed by atoms with Gasteiger partial charge in [0.25, 0.3) is 0 Å². The predicted octanol–water partition coefficient (Wildman–Crippen LogP) is 2.68. The lowest BCUT2D eigenvalue weighted by molar-refractivity contribution is 0.624. The van der Waals surface area contributed by atoms with E-state index in [2.05, 4.69) is 5.92 Å². The van der Waals surface area contributed by atoms with Crippen molar-refractivity contribution in [1.29, 1.82) is 0 Å². The van der Waals surface area contributed by atoms with E-state index in [1.165, 1.54) is 18.2 Å². The van der Waals surface area contributed by atoms with Crippen LogP contribution in [0.15, 0.2) is 24.3 Å². The molecule has 0 amide bonds. The van der Waals surface area contributed by atoms with Gasteiger partial charge in [0.2, 0.25) is 0 Å². The Hall–Kier alpha value is -2.08. The molecular formula is C12H7F2N. The van der Waals surface area contributed by atoms with Gasteiger partial charge >= 0.3 is 0 Å². The highest BCUT2D eigenvalue weighted by Gasteiger charge is 2.08. The fourth-order valence-electron chi connectivity index (χ4n) is 1.48. The predicted molar refractivity (Wildman–Crippen MR) is 56.2 cm³/mol. The monoisotopic (exact) mass is 203 g/mol. The third-order valence-corrected chi connectivity index (χ3v) is 2.23. The van der Waals surface area contributed by atoms with Crippen LogP contribution in [0.5, 0.6) is 0 Å². The van der Waals surface area contributed by atoms with Crippen LogP contribution in [0.4, 0.5) is 14.5 Å². The van der Waals surface area contributed by atoms with Gasteiger partial charge in [0.15, 0.2) is 0 Å². The average molecular weight is 203 g/mol. The lowest BCUT2D eigenvalue weighted by Crippen LogP contribution is -1.93. The zero-order valence-corrected chi connectivity index (χ0v) is 7.72. The maximum atomic E-state index is 13.3. The van der Waals surface area contributed by atoms with Crippen LogP contribution in [0.1, 0.15) is 5.56 Å². The molecule has 2 rings (SSSR count). The Morgan fingerprint density at radius 2 is 1.87 bits per heavy atom. The topological polar surface area (TPSA) is 26.0 Å². The van der Waals surface area contributed by atoms with Gasteiger partial charge in [0, 0.05) is 5.39 Å². The summed E-state index contributed by atoms with van der Waals surface area (Å²) in [5.41, 5.74) is 5.48. The average Bonchev–Trinajstić information content (AvgIpc) is 2.21. The molecule has 2 aromatic carbocycles. The number of terminal acetylenes is 1. The lowest BCUT2D eigenvalue weighted by atomic mass is 10.0. The number of halogens is 2. The van der Waals surface area contributed by atoms with E-state index in [1.807, 2.05) is 0 Å². The molecule has 0 atom stereocenters. The first kappa shape index (κ1) is 9.47. The fraction of sp³-hybridized carbons (Fsp3) is 0. The minimum Gasteiger partial charge on any atom is -0.396 e. The lowest BCUT2D eigenvalue weighted by Gasteiger charge is -2.04. The molecule has 0 saturated carbocycles. The van der Waals surface area contributed by atoms with E-state index in [4.69, 9.17) is 12.2 Å². The highest BCUT2D eigenvalue weighted by atomic mass is 19.1. The van der Waals surface area contributed by atoms with E-state index in [0.717, 1.165) is 6.07 Å². The number of fused-ring (bicyclic) bond motifs is 1. The van der Waals surface area contributed by atoms with Crippen LogP contribution in [0.3, 0.4) is 0 Å². The Kier molecular flexibility index (Phi) is 2.05. The third kappa shape index (κ3) is 1.40. The molecule has 2 N–H and O–H groups in total. The minimum absolute atomic E-state index is 0.0251. The van der Waals surface area contributed by atoms with Crippen molar-refractivity contribution in [3.8, 4) is 12.3 Å². The van der Waals surface area contributed by atoms with Crippen LogP contribution in [-0.2, 0) is 0 Å². The number of nitrogen functional groups attached to an aromatic ring is 1. The van der Waals surface area contributed by atoms with Crippen molar-refractivity contribution < 1.29 is 8.78 Å². The maximum absolute atomic E-state index is 13.3. The zero-order chi connectivity index (χ0) is 11.0. The molecule has 1 nitrogen and oxygen atoms in total.